The molecule has 1 N–H and O–H groups in total. The molecule has 0 heterocycles. The fourth-order valence-corrected chi connectivity index (χ4v) is 4.67. The Bertz CT molecular complexity index is 958. The van der Waals surface area contributed by atoms with Crippen molar-refractivity contribution in [2.75, 3.05) is 25.6 Å². The van der Waals surface area contributed by atoms with Gasteiger partial charge in [0.1, 0.15) is 11.4 Å². The van der Waals surface area contributed by atoms with Gasteiger partial charge in [0.15, 0.2) is 5.78 Å². The van der Waals surface area contributed by atoms with Crippen LogP contribution in [0.3, 0.4) is 0 Å². The summed E-state index contributed by atoms with van der Waals surface area (Å²) in [5.41, 5.74) is -0.316. The minimum Gasteiger partial charge on any atom is -0.496 e. The van der Waals surface area contributed by atoms with Gasteiger partial charge in [-0.25, -0.2) is 0 Å². The number of nitrogens with one attached hydrogen (secondary N) is 1. The van der Waals surface area contributed by atoms with Crippen molar-refractivity contribution in [3.63, 3.8) is 0 Å². The Balaban J connectivity index is 2.63. The average molecular weight is 439 g/mol. The number of benzene rings is 2. The second-order valence-electron chi connectivity index (χ2n) is 5.91. The Morgan fingerprint density at radius 1 is 1.03 bits per heavy atom. The summed E-state index contributed by atoms with van der Waals surface area (Å²) in [6.45, 7) is 3.31. The van der Waals surface area contributed by atoms with Gasteiger partial charge in [-0.1, -0.05) is 12.1 Å². The van der Waals surface area contributed by atoms with Crippen LogP contribution in [0, 0.1) is 20.2 Å². The molecule has 0 aliphatic heterocycles. The molecule has 0 aliphatic rings. The maximum absolute atomic E-state index is 13.5. The van der Waals surface area contributed by atoms with Gasteiger partial charge in [0.05, 0.1) is 36.2 Å². The number of hydrogen-bond acceptors (Lipinski definition) is 9. The van der Waals surface area contributed by atoms with Crippen molar-refractivity contribution in [2.45, 2.75) is 19.6 Å². The molecule has 30 heavy (non-hydrogen) atoms. The molecule has 1 atom stereocenters. The zero-order valence-electron chi connectivity index (χ0n) is 16.6. The van der Waals surface area contributed by atoms with Crippen molar-refractivity contribution in [1.82, 2.24) is 0 Å². The van der Waals surface area contributed by atoms with Crippen LogP contribution >= 0.6 is 7.60 Å². The van der Waals surface area contributed by atoms with Crippen molar-refractivity contribution in [2.24, 2.45) is 0 Å². The molecule has 0 spiro atoms. The van der Waals surface area contributed by atoms with E-state index in [0.29, 0.717) is 0 Å². The Labute approximate surface area is 172 Å². The molecule has 0 aliphatic carbocycles. The molecule has 11 nitrogen and oxygen atoms in total. The molecule has 12 heteroatoms. The fourth-order valence-electron chi connectivity index (χ4n) is 2.76. The van der Waals surface area contributed by atoms with E-state index in [1.165, 1.54) is 49.6 Å². The van der Waals surface area contributed by atoms with E-state index < -0.39 is 23.2 Å². The van der Waals surface area contributed by atoms with E-state index in [0.717, 1.165) is 0 Å². The minimum atomic E-state index is -3.92. The first-order valence-corrected chi connectivity index (χ1v) is 10.6. The Hall–Kier alpha value is -3.01. The number of nitro groups is 2. The van der Waals surface area contributed by atoms with E-state index in [9.17, 15) is 24.8 Å². The summed E-state index contributed by atoms with van der Waals surface area (Å²) in [4.78, 5) is 21.5. The van der Waals surface area contributed by atoms with Crippen LogP contribution in [0.5, 0.6) is 5.75 Å². The summed E-state index contributed by atoms with van der Waals surface area (Å²) in [7, 11) is -2.55. The van der Waals surface area contributed by atoms with E-state index in [-0.39, 0.29) is 41.6 Å². The molecule has 0 fully saturated rings. The summed E-state index contributed by atoms with van der Waals surface area (Å²) < 4.78 is 29.4. The van der Waals surface area contributed by atoms with Gasteiger partial charge < -0.3 is 19.1 Å². The highest BCUT2D eigenvalue weighted by molar-refractivity contribution is 7.54. The van der Waals surface area contributed by atoms with Crippen LogP contribution in [-0.4, -0.2) is 30.2 Å². The molecule has 1 unspecified atom stereocenters. The van der Waals surface area contributed by atoms with Crippen LogP contribution in [0.2, 0.25) is 0 Å². The Kier molecular flexibility index (Phi) is 7.87. The molecule has 0 aromatic heterocycles. The highest BCUT2D eigenvalue weighted by atomic mass is 31.2. The SMILES string of the molecule is CCOP(=O)(OCC)C(Nc1ccc(OC)cc1[N+](=O)[O-])c1cccc([N+](=O)[O-])c1. The average Bonchev–Trinajstić information content (AvgIpc) is 2.72. The molecule has 2 aromatic rings. The predicted octanol–water partition coefficient (Wildman–Crippen LogP) is 4.89. The maximum Gasteiger partial charge on any atom is 0.357 e. The normalized spacial score (nSPS) is 12.2. The summed E-state index contributed by atoms with van der Waals surface area (Å²) in [5, 5.41) is 25.6. The Morgan fingerprint density at radius 2 is 1.70 bits per heavy atom. The fraction of sp³-hybridized carbons (Fsp3) is 0.333. The molecular formula is C18H22N3O8P. The smallest absolute Gasteiger partial charge is 0.357 e. The molecule has 2 rings (SSSR count). The Morgan fingerprint density at radius 3 is 2.23 bits per heavy atom. The summed E-state index contributed by atoms with van der Waals surface area (Å²) >= 11 is 0. The summed E-state index contributed by atoms with van der Waals surface area (Å²) in [6, 6.07) is 9.52. The van der Waals surface area contributed by atoms with Crippen LogP contribution in [0.1, 0.15) is 25.2 Å². The van der Waals surface area contributed by atoms with Crippen LogP contribution in [0.15, 0.2) is 42.5 Å². The molecular weight excluding hydrogens is 417 g/mol. The third-order valence-electron chi connectivity index (χ3n) is 4.02. The first kappa shape index (κ1) is 23.3. The lowest BCUT2D eigenvalue weighted by atomic mass is 10.2. The monoisotopic (exact) mass is 439 g/mol. The highest BCUT2D eigenvalue weighted by Gasteiger charge is 2.39. The first-order valence-electron chi connectivity index (χ1n) is 8.97. The van der Waals surface area contributed by atoms with E-state index in [1.54, 1.807) is 13.8 Å². The third-order valence-corrected chi connectivity index (χ3v) is 6.32. The second-order valence-corrected chi connectivity index (χ2v) is 8.03. The van der Waals surface area contributed by atoms with Crippen molar-refractivity contribution in [3.8, 4) is 5.75 Å². The van der Waals surface area contributed by atoms with E-state index >= 15 is 0 Å². The van der Waals surface area contributed by atoms with Gasteiger partial charge in [0.25, 0.3) is 11.4 Å². The zero-order chi connectivity index (χ0) is 22.3. The van der Waals surface area contributed by atoms with Gasteiger partial charge in [-0.05, 0) is 31.5 Å². The van der Waals surface area contributed by atoms with E-state index in [1.807, 2.05) is 0 Å². The number of nitro benzene ring substituents is 2. The van der Waals surface area contributed by atoms with Gasteiger partial charge in [0, 0.05) is 12.1 Å². The number of rotatable bonds is 11. The number of nitrogens with zero attached hydrogens (tertiary/aromatic N) is 2. The predicted molar refractivity (Wildman–Crippen MR) is 110 cm³/mol. The number of methoxy groups -OCH3 is 1. The van der Waals surface area contributed by atoms with Gasteiger partial charge in [-0.3, -0.25) is 24.8 Å². The third kappa shape index (κ3) is 5.32. The standard InChI is InChI=1S/C18H22N3O8P/c1-4-28-30(26,29-5-2)18(13-7-6-8-14(11-13)20(22)23)19-16-10-9-15(27-3)12-17(16)21(24)25/h6-12,18-19H,4-5H2,1-3H3. The molecule has 0 amide bonds. The lowest BCUT2D eigenvalue weighted by Gasteiger charge is -2.28. The highest BCUT2D eigenvalue weighted by Crippen LogP contribution is 2.61. The summed E-state index contributed by atoms with van der Waals surface area (Å²) in [5.74, 6) is -0.971. The van der Waals surface area contributed by atoms with Crippen LogP contribution in [0.4, 0.5) is 17.1 Å². The van der Waals surface area contributed by atoms with Crippen molar-refractivity contribution < 1.29 is 28.2 Å². The molecule has 0 saturated heterocycles. The molecule has 0 saturated carbocycles. The largest absolute Gasteiger partial charge is 0.496 e. The molecule has 0 bridgehead atoms. The second kappa shape index (κ2) is 10.1. The number of anilines is 1. The molecule has 2 aromatic carbocycles. The zero-order valence-corrected chi connectivity index (χ0v) is 17.5. The quantitative estimate of drug-likeness (QED) is 0.294. The van der Waals surface area contributed by atoms with Crippen molar-refractivity contribution >= 4 is 24.7 Å². The molecule has 0 radical (unpaired) electrons. The van der Waals surface area contributed by atoms with Crippen LogP contribution in [-0.2, 0) is 13.6 Å². The van der Waals surface area contributed by atoms with Crippen LogP contribution < -0.4 is 10.1 Å². The topological polar surface area (TPSA) is 143 Å². The summed E-state index contributed by atoms with van der Waals surface area (Å²) in [6.07, 6.45) is 0. The van der Waals surface area contributed by atoms with Crippen LogP contribution in [0.25, 0.3) is 0 Å². The lowest BCUT2D eigenvalue weighted by molar-refractivity contribution is -0.384. The number of non-ortho nitro benzene ring substituents is 1. The number of hydrogen-bond donors (Lipinski definition) is 1. The minimum absolute atomic E-state index is 0.0249. The molecule has 162 valence electrons. The maximum atomic E-state index is 13.5. The number of ether oxygens (including phenoxy) is 1. The van der Waals surface area contributed by atoms with E-state index in [2.05, 4.69) is 5.32 Å². The van der Waals surface area contributed by atoms with Crippen molar-refractivity contribution in [3.05, 3.63) is 68.3 Å². The van der Waals surface area contributed by atoms with Gasteiger partial charge in [0.2, 0.25) is 0 Å². The van der Waals surface area contributed by atoms with Gasteiger partial charge in [-0.15, -0.1) is 0 Å². The van der Waals surface area contributed by atoms with Gasteiger partial charge in [-0.2, -0.15) is 0 Å². The van der Waals surface area contributed by atoms with Gasteiger partial charge >= 0.3 is 7.60 Å². The van der Waals surface area contributed by atoms with E-state index in [4.69, 9.17) is 13.8 Å². The van der Waals surface area contributed by atoms with Crippen molar-refractivity contribution in [1.29, 1.82) is 0 Å². The lowest BCUT2D eigenvalue weighted by Crippen LogP contribution is -2.16. The first-order chi connectivity index (χ1) is 14.3.